The molecule has 1 aliphatic carbocycles. The summed E-state index contributed by atoms with van der Waals surface area (Å²) in [6.07, 6.45) is 3.51. The van der Waals surface area contributed by atoms with E-state index in [2.05, 4.69) is 31.4 Å². The average Bonchev–Trinajstić information content (AvgIpc) is 3.07. The zero-order chi connectivity index (χ0) is 13.2. The number of likely N-dealkylation sites (N-methyl/N-ethyl adjacent to an activating group) is 1. The lowest BCUT2D eigenvalue weighted by molar-refractivity contribution is 0.335. The normalized spacial score (nSPS) is 22.8. The van der Waals surface area contributed by atoms with Gasteiger partial charge in [0.2, 0.25) is 11.7 Å². The third-order valence-corrected chi connectivity index (χ3v) is 4.28. The van der Waals surface area contributed by atoms with Gasteiger partial charge < -0.3 is 9.84 Å². The number of hydrogen-bond acceptors (Lipinski definition) is 4. The number of benzene rings is 1. The van der Waals surface area contributed by atoms with Crippen LogP contribution in [0.15, 0.2) is 33.3 Å². The molecule has 1 aromatic heterocycles. The second-order valence-corrected chi connectivity index (χ2v) is 5.81. The zero-order valence-electron chi connectivity index (χ0n) is 10.8. The fourth-order valence-corrected chi connectivity index (χ4v) is 2.97. The van der Waals surface area contributed by atoms with Gasteiger partial charge in [0.05, 0.1) is 5.92 Å². The van der Waals surface area contributed by atoms with Crippen molar-refractivity contribution in [1.82, 2.24) is 15.5 Å². The molecule has 1 aliphatic rings. The van der Waals surface area contributed by atoms with Crippen molar-refractivity contribution in [1.29, 1.82) is 0 Å². The van der Waals surface area contributed by atoms with Crippen molar-refractivity contribution in [2.75, 3.05) is 7.05 Å². The maximum atomic E-state index is 5.45. The van der Waals surface area contributed by atoms with E-state index in [-0.39, 0.29) is 0 Å². The molecule has 2 unspecified atom stereocenters. The van der Waals surface area contributed by atoms with E-state index in [1.807, 2.05) is 31.3 Å². The summed E-state index contributed by atoms with van der Waals surface area (Å²) in [6, 6.07) is 8.40. The van der Waals surface area contributed by atoms with Crippen LogP contribution in [0.5, 0.6) is 0 Å². The zero-order valence-corrected chi connectivity index (χ0v) is 12.4. The molecule has 1 N–H and O–H groups in total. The highest BCUT2D eigenvalue weighted by Crippen LogP contribution is 2.34. The van der Waals surface area contributed by atoms with Crippen LogP contribution in [-0.2, 0) is 0 Å². The van der Waals surface area contributed by atoms with Gasteiger partial charge in [-0.3, -0.25) is 0 Å². The molecule has 4 nitrogen and oxygen atoms in total. The van der Waals surface area contributed by atoms with Crippen LogP contribution >= 0.6 is 15.9 Å². The first-order valence-corrected chi connectivity index (χ1v) is 7.34. The summed E-state index contributed by atoms with van der Waals surface area (Å²) in [4.78, 5) is 4.56. The summed E-state index contributed by atoms with van der Waals surface area (Å²) < 4.78 is 6.50. The third-order valence-electron chi connectivity index (χ3n) is 3.75. The molecule has 0 amide bonds. The van der Waals surface area contributed by atoms with E-state index in [4.69, 9.17) is 4.52 Å². The lowest BCUT2D eigenvalue weighted by Crippen LogP contribution is -2.27. The standard InChI is InChI=1S/C14H16BrN3O/c1-16-12-4-2-3-11(12)14-17-13(18-19-14)9-5-7-10(15)8-6-9/h5-8,11-12,16H,2-4H2,1H3. The Labute approximate surface area is 120 Å². The first-order valence-electron chi connectivity index (χ1n) is 6.55. The van der Waals surface area contributed by atoms with Gasteiger partial charge in [-0.15, -0.1) is 0 Å². The Morgan fingerprint density at radius 1 is 1.26 bits per heavy atom. The van der Waals surface area contributed by atoms with Crippen molar-refractivity contribution in [3.63, 3.8) is 0 Å². The Hall–Kier alpha value is -1.20. The SMILES string of the molecule is CNC1CCCC1c1nc(-c2ccc(Br)cc2)no1. The molecule has 3 rings (SSSR count). The Bertz CT molecular complexity index is 552. The minimum Gasteiger partial charge on any atom is -0.339 e. The van der Waals surface area contributed by atoms with E-state index in [1.54, 1.807) is 0 Å². The number of nitrogens with one attached hydrogen (secondary N) is 1. The second-order valence-electron chi connectivity index (χ2n) is 4.90. The lowest BCUT2D eigenvalue weighted by Gasteiger charge is -2.14. The minimum atomic E-state index is 0.349. The highest BCUT2D eigenvalue weighted by molar-refractivity contribution is 9.10. The summed E-state index contributed by atoms with van der Waals surface area (Å²) in [7, 11) is 2.00. The van der Waals surface area contributed by atoms with E-state index < -0.39 is 0 Å². The molecule has 1 saturated carbocycles. The molecule has 0 spiro atoms. The minimum absolute atomic E-state index is 0.349. The second kappa shape index (κ2) is 5.43. The highest BCUT2D eigenvalue weighted by atomic mass is 79.9. The summed E-state index contributed by atoms with van der Waals surface area (Å²) in [6.45, 7) is 0. The molecular weight excluding hydrogens is 306 g/mol. The molecule has 1 heterocycles. The van der Waals surface area contributed by atoms with Gasteiger partial charge in [-0.05, 0) is 44.2 Å². The summed E-state index contributed by atoms with van der Waals surface area (Å²) in [5.41, 5.74) is 0.984. The van der Waals surface area contributed by atoms with Crippen LogP contribution < -0.4 is 5.32 Å². The van der Waals surface area contributed by atoms with Crippen molar-refractivity contribution in [3.8, 4) is 11.4 Å². The molecule has 1 aromatic carbocycles. The predicted octanol–water partition coefficient (Wildman–Crippen LogP) is 3.35. The number of nitrogens with zero attached hydrogens (tertiary/aromatic N) is 2. The van der Waals surface area contributed by atoms with Gasteiger partial charge in [-0.2, -0.15) is 4.98 Å². The fraction of sp³-hybridized carbons (Fsp3) is 0.429. The molecule has 5 heteroatoms. The van der Waals surface area contributed by atoms with Crippen LogP contribution in [0.3, 0.4) is 0 Å². The van der Waals surface area contributed by atoms with E-state index in [1.165, 1.54) is 12.8 Å². The van der Waals surface area contributed by atoms with Crippen molar-refractivity contribution >= 4 is 15.9 Å². The first-order chi connectivity index (χ1) is 9.28. The topological polar surface area (TPSA) is 51.0 Å². The number of aromatic nitrogens is 2. The van der Waals surface area contributed by atoms with Crippen LogP contribution in [0.1, 0.15) is 31.1 Å². The summed E-state index contributed by atoms with van der Waals surface area (Å²) >= 11 is 3.42. The average molecular weight is 322 g/mol. The quantitative estimate of drug-likeness (QED) is 0.941. The Morgan fingerprint density at radius 3 is 2.79 bits per heavy atom. The van der Waals surface area contributed by atoms with Gasteiger partial charge >= 0.3 is 0 Å². The number of hydrogen-bond donors (Lipinski definition) is 1. The third kappa shape index (κ3) is 2.58. The molecule has 1 fully saturated rings. The largest absolute Gasteiger partial charge is 0.339 e. The van der Waals surface area contributed by atoms with Gasteiger partial charge in [0, 0.05) is 16.1 Å². The fourth-order valence-electron chi connectivity index (χ4n) is 2.70. The Balaban J connectivity index is 1.85. The van der Waals surface area contributed by atoms with Crippen molar-refractivity contribution in [2.45, 2.75) is 31.2 Å². The van der Waals surface area contributed by atoms with E-state index in [0.717, 1.165) is 22.3 Å². The van der Waals surface area contributed by atoms with E-state index in [0.29, 0.717) is 17.8 Å². The maximum Gasteiger partial charge on any atom is 0.231 e. The van der Waals surface area contributed by atoms with Gasteiger partial charge in [0.1, 0.15) is 0 Å². The predicted molar refractivity (Wildman–Crippen MR) is 76.9 cm³/mol. The van der Waals surface area contributed by atoms with Gasteiger partial charge in [-0.1, -0.05) is 27.5 Å². The molecule has 100 valence electrons. The first kappa shape index (κ1) is 12.8. The summed E-state index contributed by atoms with van der Waals surface area (Å²) in [5.74, 6) is 1.78. The van der Waals surface area contributed by atoms with Crippen LogP contribution in [0.4, 0.5) is 0 Å². The smallest absolute Gasteiger partial charge is 0.231 e. The van der Waals surface area contributed by atoms with Crippen molar-refractivity contribution in [2.24, 2.45) is 0 Å². The van der Waals surface area contributed by atoms with Gasteiger partial charge in [-0.25, -0.2) is 0 Å². The van der Waals surface area contributed by atoms with Gasteiger partial charge in [0.25, 0.3) is 0 Å². The molecule has 0 aliphatic heterocycles. The monoisotopic (exact) mass is 321 g/mol. The van der Waals surface area contributed by atoms with Gasteiger partial charge in [0.15, 0.2) is 0 Å². The number of halogens is 1. The molecular formula is C14H16BrN3O. The molecule has 0 saturated heterocycles. The Morgan fingerprint density at radius 2 is 2.05 bits per heavy atom. The Kier molecular flexibility index (Phi) is 3.66. The van der Waals surface area contributed by atoms with Crippen molar-refractivity contribution < 1.29 is 4.52 Å². The molecule has 2 atom stereocenters. The maximum absolute atomic E-state index is 5.45. The molecule has 0 radical (unpaired) electrons. The van der Waals surface area contributed by atoms with E-state index in [9.17, 15) is 0 Å². The highest BCUT2D eigenvalue weighted by Gasteiger charge is 2.31. The van der Waals surface area contributed by atoms with E-state index >= 15 is 0 Å². The van der Waals surface area contributed by atoms with Crippen LogP contribution in [0, 0.1) is 0 Å². The molecule has 19 heavy (non-hydrogen) atoms. The van der Waals surface area contributed by atoms with Crippen LogP contribution in [0.25, 0.3) is 11.4 Å². The summed E-state index contributed by atoms with van der Waals surface area (Å²) in [5, 5.41) is 7.44. The number of rotatable bonds is 3. The van der Waals surface area contributed by atoms with Crippen LogP contribution in [-0.4, -0.2) is 23.2 Å². The van der Waals surface area contributed by atoms with Crippen molar-refractivity contribution in [3.05, 3.63) is 34.6 Å². The molecule has 0 bridgehead atoms. The van der Waals surface area contributed by atoms with Crippen LogP contribution in [0.2, 0.25) is 0 Å². The lowest BCUT2D eigenvalue weighted by atomic mass is 10.0. The molecule has 2 aromatic rings.